The van der Waals surface area contributed by atoms with Crippen LogP contribution in [-0.2, 0) is 4.74 Å². The first-order valence-corrected chi connectivity index (χ1v) is 5.74. The molecule has 0 saturated carbocycles. The molecule has 0 amide bonds. The molecule has 0 aromatic carbocycles. The average molecular weight is 201 g/mol. The molecule has 0 saturated heterocycles. The summed E-state index contributed by atoms with van der Waals surface area (Å²) in [5.41, 5.74) is 0.369. The number of methoxy groups -OCH3 is 1. The number of nitrogens with zero attached hydrogens (tertiary/aromatic N) is 1. The van der Waals surface area contributed by atoms with Crippen LogP contribution in [0.4, 0.5) is 0 Å². The maximum Gasteiger partial charge on any atom is 0.0530 e. The van der Waals surface area contributed by atoms with Gasteiger partial charge in [-0.2, -0.15) is 0 Å². The van der Waals surface area contributed by atoms with Crippen molar-refractivity contribution < 1.29 is 4.74 Å². The Balaban J connectivity index is 4.26. The molecule has 0 radical (unpaired) electrons. The van der Waals surface area contributed by atoms with Gasteiger partial charge < -0.3 is 9.64 Å². The van der Waals surface area contributed by atoms with Crippen LogP contribution in [0.3, 0.4) is 0 Å². The van der Waals surface area contributed by atoms with Gasteiger partial charge in [0, 0.05) is 19.1 Å². The highest BCUT2D eigenvalue weighted by atomic mass is 16.5. The summed E-state index contributed by atoms with van der Waals surface area (Å²) in [6.07, 6.45) is 5.08. The largest absolute Gasteiger partial charge is 0.384 e. The summed E-state index contributed by atoms with van der Waals surface area (Å²) in [6, 6.07) is 0. The van der Waals surface area contributed by atoms with E-state index in [2.05, 4.69) is 32.8 Å². The van der Waals surface area contributed by atoms with Crippen LogP contribution in [0.25, 0.3) is 0 Å². The van der Waals surface area contributed by atoms with E-state index in [1.807, 2.05) is 7.11 Å². The van der Waals surface area contributed by atoms with E-state index in [9.17, 15) is 0 Å². The fourth-order valence-electron chi connectivity index (χ4n) is 2.12. The lowest BCUT2D eigenvalue weighted by atomic mass is 9.80. The Labute approximate surface area is 89.6 Å². The fourth-order valence-corrected chi connectivity index (χ4v) is 2.12. The molecule has 0 bridgehead atoms. The second-order valence-corrected chi connectivity index (χ2v) is 4.63. The molecule has 0 aromatic heterocycles. The zero-order chi connectivity index (χ0) is 11.0. The predicted molar refractivity (Wildman–Crippen MR) is 62.7 cm³/mol. The Morgan fingerprint density at radius 2 is 1.86 bits per heavy atom. The smallest absolute Gasteiger partial charge is 0.0530 e. The van der Waals surface area contributed by atoms with E-state index in [0.29, 0.717) is 5.41 Å². The van der Waals surface area contributed by atoms with E-state index in [1.54, 1.807) is 0 Å². The lowest BCUT2D eigenvalue weighted by Gasteiger charge is -2.34. The quantitative estimate of drug-likeness (QED) is 0.599. The molecule has 2 heteroatoms. The molecule has 2 nitrogen and oxygen atoms in total. The van der Waals surface area contributed by atoms with Crippen LogP contribution in [0.5, 0.6) is 0 Å². The van der Waals surface area contributed by atoms with E-state index in [4.69, 9.17) is 4.74 Å². The molecule has 0 rings (SSSR count). The number of hydrogen-bond acceptors (Lipinski definition) is 2. The predicted octanol–water partition coefficient (Wildman–Crippen LogP) is 2.78. The van der Waals surface area contributed by atoms with Gasteiger partial charge in [0.05, 0.1) is 6.61 Å². The molecule has 14 heavy (non-hydrogen) atoms. The first kappa shape index (κ1) is 13.9. The lowest BCUT2D eigenvalue weighted by molar-refractivity contribution is 0.0456. The molecular formula is C12H27NO. The summed E-state index contributed by atoms with van der Waals surface area (Å²) in [7, 11) is 6.10. The monoisotopic (exact) mass is 201 g/mol. The number of hydrogen-bond donors (Lipinski definition) is 0. The molecule has 0 heterocycles. The van der Waals surface area contributed by atoms with Crippen LogP contribution in [-0.4, -0.2) is 39.3 Å². The van der Waals surface area contributed by atoms with Crippen molar-refractivity contribution in [1.82, 2.24) is 4.90 Å². The molecule has 0 spiro atoms. The molecule has 0 aliphatic carbocycles. The van der Waals surface area contributed by atoms with E-state index >= 15 is 0 Å². The highest BCUT2D eigenvalue weighted by molar-refractivity contribution is 4.80. The van der Waals surface area contributed by atoms with Crippen LogP contribution in [0, 0.1) is 5.41 Å². The number of unbranched alkanes of at least 4 members (excludes halogenated alkanes) is 1. The molecule has 0 aliphatic rings. The Bertz CT molecular complexity index is 136. The second-order valence-electron chi connectivity index (χ2n) is 4.63. The van der Waals surface area contributed by atoms with Crippen LogP contribution >= 0.6 is 0 Å². The minimum Gasteiger partial charge on any atom is -0.384 e. The van der Waals surface area contributed by atoms with Crippen LogP contribution in [0.15, 0.2) is 0 Å². The topological polar surface area (TPSA) is 12.5 Å². The van der Waals surface area contributed by atoms with E-state index < -0.39 is 0 Å². The second kappa shape index (κ2) is 7.24. The van der Waals surface area contributed by atoms with Gasteiger partial charge in [-0.3, -0.25) is 0 Å². The van der Waals surface area contributed by atoms with Crippen LogP contribution in [0.2, 0.25) is 0 Å². The summed E-state index contributed by atoms with van der Waals surface area (Å²) in [5, 5.41) is 0. The van der Waals surface area contributed by atoms with E-state index in [0.717, 1.165) is 13.2 Å². The van der Waals surface area contributed by atoms with Crippen molar-refractivity contribution in [3.05, 3.63) is 0 Å². The lowest BCUT2D eigenvalue weighted by Crippen LogP contribution is -2.37. The first-order valence-electron chi connectivity index (χ1n) is 5.74. The van der Waals surface area contributed by atoms with Crippen molar-refractivity contribution in [3.63, 3.8) is 0 Å². The van der Waals surface area contributed by atoms with Crippen molar-refractivity contribution >= 4 is 0 Å². The Morgan fingerprint density at radius 1 is 1.21 bits per heavy atom. The maximum atomic E-state index is 5.37. The summed E-state index contributed by atoms with van der Waals surface area (Å²) >= 11 is 0. The number of rotatable bonds is 8. The van der Waals surface area contributed by atoms with Crippen molar-refractivity contribution in [2.45, 2.75) is 39.5 Å². The standard InChI is InChI=1S/C12H27NO/c1-6-8-9-12(7-2,11-14-5)10-13(3)4/h6-11H2,1-5H3. The van der Waals surface area contributed by atoms with Crippen molar-refractivity contribution in [2.75, 3.05) is 34.4 Å². The molecule has 0 aromatic rings. The minimum absolute atomic E-state index is 0.369. The molecular weight excluding hydrogens is 174 g/mol. The van der Waals surface area contributed by atoms with Crippen LogP contribution in [0.1, 0.15) is 39.5 Å². The average Bonchev–Trinajstić information content (AvgIpc) is 2.14. The Kier molecular flexibility index (Phi) is 7.20. The van der Waals surface area contributed by atoms with Crippen molar-refractivity contribution in [1.29, 1.82) is 0 Å². The summed E-state index contributed by atoms with van der Waals surface area (Å²) in [5.74, 6) is 0. The van der Waals surface area contributed by atoms with Crippen molar-refractivity contribution in [3.8, 4) is 0 Å². The Morgan fingerprint density at radius 3 is 2.21 bits per heavy atom. The zero-order valence-electron chi connectivity index (χ0n) is 10.6. The van der Waals surface area contributed by atoms with Gasteiger partial charge in [-0.25, -0.2) is 0 Å². The van der Waals surface area contributed by atoms with Gasteiger partial charge in [-0.05, 0) is 26.9 Å². The van der Waals surface area contributed by atoms with Gasteiger partial charge in [-0.1, -0.05) is 26.7 Å². The summed E-state index contributed by atoms with van der Waals surface area (Å²) < 4.78 is 5.37. The van der Waals surface area contributed by atoms with E-state index in [1.165, 1.54) is 25.7 Å². The highest BCUT2D eigenvalue weighted by Crippen LogP contribution is 2.29. The zero-order valence-corrected chi connectivity index (χ0v) is 10.6. The first-order chi connectivity index (χ1) is 6.60. The van der Waals surface area contributed by atoms with Gasteiger partial charge in [0.2, 0.25) is 0 Å². The summed E-state index contributed by atoms with van der Waals surface area (Å²) in [6.45, 7) is 6.56. The van der Waals surface area contributed by atoms with Crippen LogP contribution < -0.4 is 0 Å². The Hall–Kier alpha value is -0.0800. The third kappa shape index (κ3) is 4.97. The van der Waals surface area contributed by atoms with Crippen molar-refractivity contribution in [2.24, 2.45) is 5.41 Å². The van der Waals surface area contributed by atoms with Gasteiger partial charge >= 0.3 is 0 Å². The normalized spacial score (nSPS) is 15.9. The van der Waals surface area contributed by atoms with Gasteiger partial charge in [0.15, 0.2) is 0 Å². The maximum absolute atomic E-state index is 5.37. The third-order valence-corrected chi connectivity index (χ3v) is 2.91. The summed E-state index contributed by atoms with van der Waals surface area (Å²) in [4.78, 5) is 2.28. The fraction of sp³-hybridized carbons (Fsp3) is 1.00. The SMILES string of the molecule is CCCCC(CC)(COC)CN(C)C. The number of ether oxygens (including phenoxy) is 1. The highest BCUT2D eigenvalue weighted by Gasteiger charge is 2.28. The molecule has 86 valence electrons. The molecule has 1 atom stereocenters. The van der Waals surface area contributed by atoms with Gasteiger partial charge in [-0.15, -0.1) is 0 Å². The third-order valence-electron chi connectivity index (χ3n) is 2.91. The molecule has 0 fully saturated rings. The van der Waals surface area contributed by atoms with Gasteiger partial charge in [0.25, 0.3) is 0 Å². The van der Waals surface area contributed by atoms with E-state index in [-0.39, 0.29) is 0 Å². The molecule has 0 aliphatic heterocycles. The van der Waals surface area contributed by atoms with Gasteiger partial charge in [0.1, 0.15) is 0 Å². The minimum atomic E-state index is 0.369. The molecule has 0 N–H and O–H groups in total. The molecule has 1 unspecified atom stereocenters.